The molecule has 0 radical (unpaired) electrons. The highest BCUT2D eigenvalue weighted by Gasteiger charge is 2.65. The summed E-state index contributed by atoms with van der Waals surface area (Å²) in [5, 5.41) is 0. The Morgan fingerprint density at radius 1 is 0.377 bits per heavy atom. The van der Waals surface area contributed by atoms with E-state index >= 15 is 0 Å². The Kier molecular flexibility index (Phi) is 49.5. The molecule has 130 heavy (non-hydrogen) atoms. The molecule has 25 unspecified atom stereocenters. The van der Waals surface area contributed by atoms with Crippen LogP contribution in [0.1, 0.15) is 218 Å². The fourth-order valence-corrected chi connectivity index (χ4v) is 28.5. The molecule has 12 aliphatic heterocycles. The van der Waals surface area contributed by atoms with Gasteiger partial charge in [0.15, 0.2) is 0 Å². The van der Waals surface area contributed by atoms with Gasteiger partial charge in [0.05, 0.1) is 138 Å². The molecule has 0 aromatic rings. The number of carbonyl (C=O) groups is 11. The topological polar surface area (TPSA) is 326 Å². The molecule has 7 saturated carbocycles. The van der Waals surface area contributed by atoms with Crippen molar-refractivity contribution in [2.75, 3.05) is 79.3 Å². The van der Waals surface area contributed by atoms with Gasteiger partial charge in [0.25, 0.3) is 0 Å². The van der Waals surface area contributed by atoms with Crippen LogP contribution in [0.4, 0.5) is 0 Å². The number of Topliss-reactive ketones (excluding diaryl/α,β-unsaturated/α-hetero) is 1. The number of cyclic esters (lactones) is 10. The second-order valence-electron chi connectivity index (χ2n) is 40.6. The molecule has 26 nitrogen and oxygen atoms in total. The smallest absolute Gasteiger partial charge is 0.312 e. The second kappa shape index (κ2) is 58.4. The molecule has 742 valence electrons. The number of hydrogen-bond donors (Lipinski definition) is 0. The van der Waals surface area contributed by atoms with Gasteiger partial charge in [0.1, 0.15) is 18.0 Å². The van der Waals surface area contributed by atoms with Gasteiger partial charge in [-0.3, -0.25) is 52.7 Å². The minimum atomic E-state index is -0.144. The van der Waals surface area contributed by atoms with Crippen LogP contribution in [0.3, 0.4) is 0 Å². The Hall–Kier alpha value is -3.44. The van der Waals surface area contributed by atoms with Crippen LogP contribution < -0.4 is 0 Å². The highest BCUT2D eigenvalue weighted by atomic mass is 28.2. The number of hydrogen-bond acceptors (Lipinski definition) is 26. The van der Waals surface area contributed by atoms with E-state index in [1.165, 1.54) is 282 Å². The highest BCUT2D eigenvalue weighted by Crippen LogP contribution is 2.62. The van der Waals surface area contributed by atoms with Crippen molar-refractivity contribution < 1.29 is 124 Å². The quantitative estimate of drug-likeness (QED) is 0.0396. The van der Waals surface area contributed by atoms with Gasteiger partial charge in [-0.05, 0) is 184 Å². The number of carbonyl (C=O) groups excluding carboxylic acids is 11. The van der Waals surface area contributed by atoms with Crippen molar-refractivity contribution in [1.82, 2.24) is 0 Å². The third-order valence-corrected chi connectivity index (χ3v) is 38.6. The van der Waals surface area contributed by atoms with Crippen LogP contribution in [0.5, 0.6) is 0 Å². The maximum Gasteiger partial charge on any atom is 0.312 e. The van der Waals surface area contributed by atoms with Gasteiger partial charge in [-0.15, -0.1) is 0 Å². The van der Waals surface area contributed by atoms with E-state index < -0.39 is 0 Å². The molecular formula is C93H170O26Si11. The molecule has 25 atom stereocenters. The maximum atomic E-state index is 12.0. The summed E-state index contributed by atoms with van der Waals surface area (Å²) in [6, 6.07) is 14.2. The second-order valence-corrected chi connectivity index (χ2v) is 51.4. The third-order valence-electron chi connectivity index (χ3n) is 30.7. The first-order valence-electron chi connectivity index (χ1n) is 52.3. The van der Waals surface area contributed by atoms with Crippen LogP contribution in [-0.2, 0) is 124 Å². The SMILES string of the molecule is O=C1CC(CCC[SiH3])CO1.O=C1CC(CC[SiH3])CO1.O=C1CC(C[SiH3])CO1.O=C1CC2(CO1)CC1CC(OCCC[SiH3])C2C1.O=C1CC2C(OCCC[SiH3])C3CC1C2O3.O=C1CCC(CCC[SiH3])O1.O=C1CCC(CC[SiH3])O1.O=C1OCC2C3CC(OCCC[SiH3])C(C3)C12.O=C1OCCC12CC1CC(OCCC[SiH3])C2C1.O=C1OCCC1CCC[SiH3].O=C1OCCC1CC[SiH3]. The predicted octanol–water partition coefficient (Wildman–Crippen LogP) is 1.24. The molecule has 19 rings (SSSR count). The number of ketones is 1. The lowest BCUT2D eigenvalue weighted by Crippen LogP contribution is -2.40. The van der Waals surface area contributed by atoms with E-state index in [0.717, 1.165) is 103 Å². The van der Waals surface area contributed by atoms with Crippen LogP contribution >= 0.6 is 0 Å². The lowest BCUT2D eigenvalue weighted by molar-refractivity contribution is -0.152. The zero-order valence-corrected chi connectivity index (χ0v) is 104. The van der Waals surface area contributed by atoms with E-state index in [2.05, 4.69) is 0 Å². The zero-order valence-electron chi connectivity index (χ0n) is 81.7. The molecule has 0 aromatic carbocycles. The van der Waals surface area contributed by atoms with Crippen LogP contribution in [0, 0.1) is 99.6 Å². The van der Waals surface area contributed by atoms with Crippen molar-refractivity contribution in [2.45, 2.75) is 334 Å². The van der Waals surface area contributed by atoms with Crippen molar-refractivity contribution in [1.29, 1.82) is 0 Å². The van der Waals surface area contributed by atoms with Gasteiger partial charge >= 0.3 is 59.7 Å². The van der Waals surface area contributed by atoms with Crippen LogP contribution in [0.2, 0.25) is 66.5 Å². The third kappa shape index (κ3) is 33.1. The normalized spacial score (nSPS) is 35.5. The average Bonchev–Trinajstić information content (AvgIpc) is 1.59. The van der Waals surface area contributed by atoms with E-state index in [0.29, 0.717) is 181 Å². The van der Waals surface area contributed by atoms with Gasteiger partial charge in [0.2, 0.25) is 0 Å². The summed E-state index contributed by atoms with van der Waals surface area (Å²) in [4.78, 5) is 121. The molecule has 8 bridgehead atoms. The van der Waals surface area contributed by atoms with Gasteiger partial charge in [-0.2, -0.15) is 0 Å². The summed E-state index contributed by atoms with van der Waals surface area (Å²) in [5.74, 6) is 7.78. The Morgan fingerprint density at radius 3 is 1.37 bits per heavy atom. The molecule has 2 spiro atoms. The van der Waals surface area contributed by atoms with E-state index in [-0.39, 0.29) is 125 Å². The Labute approximate surface area is 809 Å². The fourth-order valence-electron chi connectivity index (χ4n) is 23.5. The summed E-state index contributed by atoms with van der Waals surface area (Å²) < 4.78 is 79.4. The molecule has 12 heterocycles. The minimum absolute atomic E-state index is 0.00153. The number of rotatable bonds is 32. The molecule has 19 fully saturated rings. The molecule has 0 aromatic heterocycles. The first kappa shape index (κ1) is 110. The average molecular weight is 2010 g/mol. The first-order chi connectivity index (χ1) is 62.9. The van der Waals surface area contributed by atoms with E-state index in [1.54, 1.807) is 0 Å². The van der Waals surface area contributed by atoms with E-state index in [4.69, 9.17) is 71.1 Å². The zero-order chi connectivity index (χ0) is 93.5. The molecule has 0 N–H and O–H groups in total. The Bertz CT molecular complexity index is 3450. The summed E-state index contributed by atoms with van der Waals surface area (Å²) in [7, 11) is 13.8. The van der Waals surface area contributed by atoms with E-state index in [1.807, 2.05) is 0 Å². The molecule has 7 aliphatic carbocycles. The summed E-state index contributed by atoms with van der Waals surface area (Å²) in [5.41, 5.74) is 0.0141. The van der Waals surface area contributed by atoms with Crippen molar-refractivity contribution in [3.05, 3.63) is 0 Å². The summed E-state index contributed by atoms with van der Waals surface area (Å²) in [6.45, 7) is 8.89. The minimum Gasteiger partial charge on any atom is -0.465 e. The van der Waals surface area contributed by atoms with Crippen LogP contribution in [0.15, 0.2) is 0 Å². The molecular weight excluding hydrogens is 1840 g/mol. The maximum absolute atomic E-state index is 12.0. The predicted molar refractivity (Wildman–Crippen MR) is 536 cm³/mol. The molecule has 19 aliphatic rings. The first-order valence-corrected chi connectivity index (χ1v) is 67.8. The van der Waals surface area contributed by atoms with Gasteiger partial charge in [-0.1, -0.05) is 85.7 Å². The standard InChI is InChI=1S/2C13H22O3Si.C12H20O3Si.C11H18O3Si.3C7H14O2Si.3C6H12O2Si.C5H10O2Si/c14-12-13(2-4-16-12)8-9-6-10(13)11(7-9)15-3-1-5-17;14-12-7-13(8-16-12)6-9-4-10(13)11(5-9)15-2-1-3-17;13-12-11-8-4-7(9(11)6-15-12)5-10(8)14-2-1-3-16;12-8-4-7-10-6(8)5-9(14-10)11(7)13-2-1-3-15;8-7-6(2-1-5-10)3-4-9-7;8-7-4-3-6(9-7)2-1-5-10;8-7-4-6(5-9-7)2-1-3-10;7-6-5(2-4-9)1-3-8-6;7-6-3-5(1-2-9)4-8-6;7-6-2-1-5(8-6)3-4-9;6-5-1-4(3-8)2-7-5/h2*9-11H,1-8H2,17H3;7-11H,1-6H2,16H3;6-7,9-11H,1-5H2,15H3;3*6H,1-5H2,10H3;3*5H,1-4H2,9H3;4H,1-3H2,8H3. The Balaban J connectivity index is 0.000000163. The summed E-state index contributed by atoms with van der Waals surface area (Å²) >= 11 is 0. The molecule has 37 heteroatoms. The monoisotopic (exact) mass is 2010 g/mol. The van der Waals surface area contributed by atoms with Crippen molar-refractivity contribution in [3.63, 3.8) is 0 Å². The number of esters is 10. The van der Waals surface area contributed by atoms with Gasteiger partial charge in [-0.25, -0.2) is 0 Å². The molecule has 0 amide bonds. The Morgan fingerprint density at radius 2 is 0.892 bits per heavy atom. The van der Waals surface area contributed by atoms with E-state index in [9.17, 15) is 52.7 Å². The largest absolute Gasteiger partial charge is 0.465 e. The van der Waals surface area contributed by atoms with Gasteiger partial charge in [0, 0.05) is 205 Å². The lowest BCUT2D eigenvalue weighted by atomic mass is 9.71. The number of fused-ring (bicyclic) bond motifs is 12. The fraction of sp³-hybridized carbons (Fsp3) is 0.882. The highest BCUT2D eigenvalue weighted by molar-refractivity contribution is 6.10. The van der Waals surface area contributed by atoms with Crippen molar-refractivity contribution in [2.24, 2.45) is 99.6 Å². The number of ether oxygens (including phenoxy) is 15. The van der Waals surface area contributed by atoms with Crippen molar-refractivity contribution in [3.8, 4) is 0 Å². The van der Waals surface area contributed by atoms with Crippen molar-refractivity contribution >= 4 is 178 Å². The lowest BCUT2D eigenvalue weighted by Gasteiger charge is -2.36. The van der Waals surface area contributed by atoms with Crippen LogP contribution in [-0.4, -0.2) is 306 Å². The molecule has 12 saturated heterocycles. The van der Waals surface area contributed by atoms with Gasteiger partial charge < -0.3 is 71.1 Å². The summed E-state index contributed by atoms with van der Waals surface area (Å²) in [6.07, 6.45) is 37.4. The van der Waals surface area contributed by atoms with Crippen LogP contribution in [0.25, 0.3) is 0 Å².